The summed E-state index contributed by atoms with van der Waals surface area (Å²) < 4.78 is 0. The van der Waals surface area contributed by atoms with Crippen molar-refractivity contribution in [2.24, 2.45) is 5.92 Å². The molecule has 3 rings (SSSR count). The van der Waals surface area contributed by atoms with Crippen LogP contribution in [0, 0.1) is 5.92 Å². The Balaban J connectivity index is 1.66. The molecule has 6 nitrogen and oxygen atoms in total. The highest BCUT2D eigenvalue weighted by Crippen LogP contribution is 2.30. The Labute approximate surface area is 191 Å². The Hall–Kier alpha value is -2.86. The first-order valence-electron chi connectivity index (χ1n) is 11.5. The van der Waals surface area contributed by atoms with Gasteiger partial charge >= 0.3 is 0 Å². The highest BCUT2D eigenvalue weighted by atomic mass is 16.3. The number of benzene rings is 2. The molecular weight excluding hydrogens is 402 g/mol. The number of fused-ring (bicyclic) bond motifs is 1. The molecule has 0 aromatic heterocycles. The molecule has 0 fully saturated rings. The van der Waals surface area contributed by atoms with Crippen molar-refractivity contribution in [2.75, 3.05) is 23.9 Å². The van der Waals surface area contributed by atoms with Gasteiger partial charge in [0.2, 0.25) is 11.8 Å². The summed E-state index contributed by atoms with van der Waals surface area (Å²) in [6.45, 7) is 3.91. The van der Waals surface area contributed by atoms with Crippen molar-refractivity contribution >= 4 is 23.2 Å². The summed E-state index contributed by atoms with van der Waals surface area (Å²) in [4.78, 5) is 27.3. The van der Waals surface area contributed by atoms with Gasteiger partial charge in [-0.25, -0.2) is 0 Å². The Morgan fingerprint density at radius 3 is 2.62 bits per heavy atom. The third-order valence-electron chi connectivity index (χ3n) is 6.06. The topological polar surface area (TPSA) is 81.7 Å². The van der Waals surface area contributed by atoms with Crippen molar-refractivity contribution in [2.45, 2.75) is 58.0 Å². The number of anilines is 2. The van der Waals surface area contributed by atoms with Crippen LogP contribution in [-0.2, 0) is 22.4 Å². The molecule has 172 valence electrons. The van der Waals surface area contributed by atoms with Crippen LogP contribution in [0.5, 0.6) is 0 Å². The highest BCUT2D eigenvalue weighted by Gasteiger charge is 2.32. The molecule has 0 saturated carbocycles. The monoisotopic (exact) mass is 437 g/mol. The van der Waals surface area contributed by atoms with Crippen molar-refractivity contribution in [3.05, 3.63) is 59.7 Å². The van der Waals surface area contributed by atoms with E-state index < -0.39 is 0 Å². The Morgan fingerprint density at radius 1 is 1.19 bits per heavy atom. The minimum Gasteiger partial charge on any atom is -0.394 e. The minimum atomic E-state index is -0.355. The molecule has 0 aliphatic carbocycles. The first-order valence-corrected chi connectivity index (χ1v) is 11.5. The number of rotatable bonds is 8. The van der Waals surface area contributed by atoms with Crippen LogP contribution in [0.15, 0.2) is 48.5 Å². The molecule has 3 N–H and O–H groups in total. The summed E-state index contributed by atoms with van der Waals surface area (Å²) in [5.41, 5.74) is 3.98. The third-order valence-corrected chi connectivity index (χ3v) is 6.06. The molecule has 2 atom stereocenters. The number of nitrogens with one attached hydrogen (secondary N) is 2. The van der Waals surface area contributed by atoms with E-state index in [9.17, 15) is 14.7 Å². The van der Waals surface area contributed by atoms with Crippen molar-refractivity contribution in [1.29, 1.82) is 0 Å². The van der Waals surface area contributed by atoms with E-state index in [-0.39, 0.29) is 36.4 Å². The van der Waals surface area contributed by atoms with Gasteiger partial charge < -0.3 is 20.6 Å². The average molecular weight is 438 g/mol. The molecule has 0 bridgehead atoms. The van der Waals surface area contributed by atoms with E-state index in [2.05, 4.69) is 22.8 Å². The minimum absolute atomic E-state index is 0.00195. The van der Waals surface area contributed by atoms with Crippen molar-refractivity contribution in [1.82, 2.24) is 5.32 Å². The first kappa shape index (κ1) is 23.8. The Morgan fingerprint density at radius 2 is 1.94 bits per heavy atom. The fourth-order valence-corrected chi connectivity index (χ4v) is 4.41. The summed E-state index contributed by atoms with van der Waals surface area (Å²) >= 11 is 0. The molecule has 2 aromatic rings. The van der Waals surface area contributed by atoms with Crippen molar-refractivity contribution in [3.8, 4) is 0 Å². The number of unbranched alkanes of at least 4 members (excludes halogenated alkanes) is 1. The fraction of sp³-hybridized carbons (Fsp3) is 0.462. The zero-order valence-electron chi connectivity index (χ0n) is 19.3. The van der Waals surface area contributed by atoms with E-state index in [0.717, 1.165) is 36.2 Å². The van der Waals surface area contributed by atoms with Crippen LogP contribution in [-0.4, -0.2) is 42.7 Å². The summed E-state index contributed by atoms with van der Waals surface area (Å²) in [6, 6.07) is 15.5. The molecule has 0 saturated heterocycles. The number of carbonyl (C=O) groups excluding carboxylic acids is 2. The number of hydrogen-bond acceptors (Lipinski definition) is 4. The van der Waals surface area contributed by atoms with Crippen LogP contribution in [0.1, 0.15) is 44.2 Å². The largest absolute Gasteiger partial charge is 0.394 e. The number of hydrogen-bond donors (Lipinski definition) is 3. The Kier molecular flexibility index (Phi) is 8.28. The summed E-state index contributed by atoms with van der Waals surface area (Å²) in [5.74, 6) is 0.00565. The molecule has 32 heavy (non-hydrogen) atoms. The van der Waals surface area contributed by atoms with Crippen LogP contribution < -0.4 is 15.5 Å². The molecule has 2 aromatic carbocycles. The van der Waals surface area contributed by atoms with Crippen molar-refractivity contribution in [3.63, 3.8) is 0 Å². The fourth-order valence-electron chi connectivity index (χ4n) is 4.41. The normalized spacial score (nSPS) is 18.5. The number of nitrogens with zero attached hydrogens (tertiary/aromatic N) is 1. The molecule has 6 heteroatoms. The molecular formula is C26H35N3O3. The lowest BCUT2D eigenvalue weighted by Crippen LogP contribution is -2.54. The van der Waals surface area contributed by atoms with E-state index in [0.29, 0.717) is 12.8 Å². The van der Waals surface area contributed by atoms with Gasteiger partial charge in [-0.1, -0.05) is 50.2 Å². The lowest BCUT2D eigenvalue weighted by atomic mass is 9.95. The van der Waals surface area contributed by atoms with Crippen LogP contribution in [0.3, 0.4) is 0 Å². The average Bonchev–Trinajstić information content (AvgIpc) is 2.76. The second-order valence-corrected chi connectivity index (χ2v) is 8.98. The molecule has 0 unspecified atom stereocenters. The number of likely N-dealkylation sites (N-methyl/N-ethyl adjacent to an activating group) is 1. The zero-order valence-corrected chi connectivity index (χ0v) is 19.3. The Bertz CT molecular complexity index is 914. The first-order chi connectivity index (χ1) is 15.4. The predicted octanol–water partition coefficient (Wildman–Crippen LogP) is 3.53. The third kappa shape index (κ3) is 6.10. The van der Waals surface area contributed by atoms with Gasteiger partial charge in [0, 0.05) is 24.8 Å². The van der Waals surface area contributed by atoms with Crippen molar-refractivity contribution < 1.29 is 14.7 Å². The highest BCUT2D eigenvalue weighted by molar-refractivity contribution is 5.92. The standard InChI is InChI=1S/C26H35N3O3/c1-18(2)25-26(32)28-22(17-30)15-20-13-14-21(16-23(20)29(25)3)27-24(31)12-8-7-11-19-9-5-4-6-10-19/h4-6,9-10,13-14,16,18,22,25,30H,7-8,11-12,15,17H2,1-3H3,(H,27,31)(H,28,32)/t22-,25-/m0/s1. The van der Waals surface area contributed by atoms with E-state index in [1.54, 1.807) is 0 Å². The second kappa shape index (κ2) is 11.1. The molecule has 1 heterocycles. The van der Waals surface area contributed by atoms with Gasteiger partial charge in [0.25, 0.3) is 0 Å². The lowest BCUT2D eigenvalue weighted by Gasteiger charge is -2.37. The maximum Gasteiger partial charge on any atom is 0.243 e. The molecule has 0 spiro atoms. The summed E-state index contributed by atoms with van der Waals surface area (Å²) in [7, 11) is 1.91. The molecule has 2 amide bonds. The molecule has 1 aliphatic rings. The summed E-state index contributed by atoms with van der Waals surface area (Å²) in [5, 5.41) is 15.7. The van der Waals surface area contributed by atoms with Crippen LogP contribution >= 0.6 is 0 Å². The van der Waals surface area contributed by atoms with Gasteiger partial charge in [0.1, 0.15) is 6.04 Å². The molecule has 1 aliphatic heterocycles. The number of carbonyl (C=O) groups is 2. The zero-order chi connectivity index (χ0) is 23.1. The van der Waals surface area contributed by atoms with E-state index in [1.807, 2.05) is 62.2 Å². The summed E-state index contributed by atoms with van der Waals surface area (Å²) in [6.07, 6.45) is 3.80. The maximum absolute atomic E-state index is 12.8. The van der Waals surface area contributed by atoms with E-state index in [4.69, 9.17) is 0 Å². The van der Waals surface area contributed by atoms with Gasteiger partial charge in [-0.15, -0.1) is 0 Å². The van der Waals surface area contributed by atoms with Crippen LogP contribution in [0.4, 0.5) is 11.4 Å². The van der Waals surface area contributed by atoms with Gasteiger partial charge in [0.15, 0.2) is 0 Å². The van der Waals surface area contributed by atoms with Gasteiger partial charge in [-0.05, 0) is 54.9 Å². The number of aliphatic hydroxyl groups excluding tert-OH is 1. The van der Waals surface area contributed by atoms with Gasteiger partial charge in [-0.2, -0.15) is 0 Å². The number of aryl methyl sites for hydroxylation is 1. The maximum atomic E-state index is 12.8. The van der Waals surface area contributed by atoms with E-state index in [1.165, 1.54) is 5.56 Å². The van der Waals surface area contributed by atoms with Gasteiger partial charge in [0.05, 0.1) is 12.6 Å². The van der Waals surface area contributed by atoms with Crippen LogP contribution in [0.25, 0.3) is 0 Å². The lowest BCUT2D eigenvalue weighted by molar-refractivity contribution is -0.124. The smallest absolute Gasteiger partial charge is 0.243 e. The number of aliphatic hydroxyl groups is 1. The quantitative estimate of drug-likeness (QED) is 0.552. The van der Waals surface area contributed by atoms with Crippen LogP contribution in [0.2, 0.25) is 0 Å². The number of amides is 2. The predicted molar refractivity (Wildman–Crippen MR) is 129 cm³/mol. The molecule has 0 radical (unpaired) electrons. The SMILES string of the molecule is CC(C)[C@H]1C(=O)N[C@H](CO)Cc2ccc(NC(=O)CCCCc3ccccc3)cc2N1C. The van der Waals surface area contributed by atoms with E-state index >= 15 is 0 Å². The van der Waals surface area contributed by atoms with Gasteiger partial charge in [-0.3, -0.25) is 9.59 Å². The second-order valence-electron chi connectivity index (χ2n) is 8.98.